The van der Waals surface area contributed by atoms with Crippen molar-refractivity contribution >= 4 is 17.7 Å². The van der Waals surface area contributed by atoms with Crippen LogP contribution in [-0.2, 0) is 9.53 Å². The number of carbonyl (C=O) groups excluding carboxylic acids is 2. The lowest BCUT2D eigenvalue weighted by Gasteiger charge is -2.30. The molecule has 9 heteroatoms. The van der Waals surface area contributed by atoms with E-state index in [0.717, 1.165) is 7.11 Å². The van der Waals surface area contributed by atoms with Crippen molar-refractivity contribution in [3.8, 4) is 0 Å². The highest BCUT2D eigenvalue weighted by atomic mass is 19.4. The number of aromatic amines is 1. The molecular formula is C19H21F3N3O3+. The zero-order valence-electron chi connectivity index (χ0n) is 15.8. The molecule has 6 nitrogen and oxygen atoms in total. The van der Waals surface area contributed by atoms with E-state index in [-0.39, 0.29) is 11.4 Å². The second kappa shape index (κ2) is 7.87. The highest BCUT2D eigenvalue weighted by molar-refractivity contribution is 6.00. The number of carbonyl (C=O) groups is 2. The van der Waals surface area contributed by atoms with Crippen molar-refractivity contribution in [2.24, 2.45) is 0 Å². The maximum Gasteiger partial charge on any atom is 0.464 e. The predicted molar refractivity (Wildman–Crippen MR) is 95.5 cm³/mol. The van der Waals surface area contributed by atoms with E-state index in [0.29, 0.717) is 16.8 Å². The second-order valence-corrected chi connectivity index (χ2v) is 6.39. The van der Waals surface area contributed by atoms with Crippen molar-refractivity contribution in [2.75, 3.05) is 12.4 Å². The van der Waals surface area contributed by atoms with Crippen LogP contribution in [0.25, 0.3) is 0 Å². The zero-order valence-corrected chi connectivity index (χ0v) is 15.8. The molecule has 1 amide bonds. The van der Waals surface area contributed by atoms with E-state index in [4.69, 9.17) is 0 Å². The largest absolute Gasteiger partial charge is 0.464 e. The number of hydrogen-bond donors (Lipinski definition) is 2. The first kappa shape index (κ1) is 21.2. The highest BCUT2D eigenvalue weighted by Gasteiger charge is 2.67. The molecule has 0 aliphatic rings. The average Bonchev–Trinajstić information content (AvgIpc) is 2.58. The van der Waals surface area contributed by atoms with E-state index in [9.17, 15) is 22.8 Å². The van der Waals surface area contributed by atoms with Gasteiger partial charge >= 0.3 is 17.8 Å². The lowest BCUT2D eigenvalue weighted by Crippen LogP contribution is -2.69. The molecule has 0 bridgehead atoms. The molecule has 2 aromatic rings. The van der Waals surface area contributed by atoms with Gasteiger partial charge < -0.3 is 4.74 Å². The molecule has 0 spiro atoms. The topological polar surface area (TPSA) is 81.6 Å². The van der Waals surface area contributed by atoms with Gasteiger partial charge in [-0.05, 0) is 44.0 Å². The number of alkyl halides is 3. The Morgan fingerprint density at radius 2 is 1.71 bits per heavy atom. The van der Waals surface area contributed by atoms with Crippen molar-refractivity contribution in [2.45, 2.75) is 32.6 Å². The third-order valence-electron chi connectivity index (χ3n) is 4.08. The first-order chi connectivity index (χ1) is 13.0. The Labute approximate surface area is 160 Å². The summed E-state index contributed by atoms with van der Waals surface area (Å²) in [5.41, 5.74) is -1.80. The van der Waals surface area contributed by atoms with Gasteiger partial charge in [0.15, 0.2) is 0 Å². The Balaban J connectivity index is 2.56. The van der Waals surface area contributed by atoms with Crippen molar-refractivity contribution < 1.29 is 32.5 Å². The number of benzene rings is 1. The van der Waals surface area contributed by atoms with Crippen LogP contribution in [0.5, 0.6) is 0 Å². The molecule has 0 unspecified atom stereocenters. The van der Waals surface area contributed by atoms with Gasteiger partial charge in [0.25, 0.3) is 11.7 Å². The maximum absolute atomic E-state index is 14.1. The summed E-state index contributed by atoms with van der Waals surface area (Å²) < 4.78 is 46.6. The van der Waals surface area contributed by atoms with Crippen LogP contribution < -0.4 is 15.6 Å². The van der Waals surface area contributed by atoms with Crippen LogP contribution in [0.2, 0.25) is 0 Å². The van der Waals surface area contributed by atoms with E-state index in [1.54, 1.807) is 44.3 Å². The summed E-state index contributed by atoms with van der Waals surface area (Å²) >= 11 is 0. The van der Waals surface area contributed by atoms with Crippen LogP contribution in [0.15, 0.2) is 36.4 Å². The number of esters is 1. The van der Waals surface area contributed by atoms with Gasteiger partial charge in [0.2, 0.25) is 0 Å². The van der Waals surface area contributed by atoms with Gasteiger partial charge in [-0.25, -0.2) is 15.1 Å². The summed E-state index contributed by atoms with van der Waals surface area (Å²) in [6.07, 6.45) is -5.20. The van der Waals surface area contributed by atoms with Gasteiger partial charge in [0.05, 0.1) is 12.8 Å². The van der Waals surface area contributed by atoms with Crippen LogP contribution in [0.4, 0.5) is 19.0 Å². The number of methoxy groups -OCH3 is 1. The SMILES string of the molecule is COC(=O)[C@@](NC(=O)c1ccccc1C)(Nc1cc(C)cc(C)[nH+]1)C(F)(F)F. The minimum Gasteiger partial charge on any atom is -0.464 e. The third-order valence-corrected chi connectivity index (χ3v) is 4.08. The summed E-state index contributed by atoms with van der Waals surface area (Å²) in [4.78, 5) is 27.6. The van der Waals surface area contributed by atoms with Crippen molar-refractivity contribution in [3.05, 3.63) is 58.8 Å². The summed E-state index contributed by atoms with van der Waals surface area (Å²) in [6.45, 7) is 4.91. The maximum atomic E-state index is 14.1. The fourth-order valence-corrected chi connectivity index (χ4v) is 2.77. The number of aryl methyl sites for hydroxylation is 3. The first-order valence-corrected chi connectivity index (χ1v) is 8.32. The minimum absolute atomic E-state index is 0.00577. The average molecular weight is 396 g/mol. The molecule has 0 saturated heterocycles. The van der Waals surface area contributed by atoms with Gasteiger partial charge in [-0.2, -0.15) is 13.2 Å². The van der Waals surface area contributed by atoms with Crippen molar-refractivity contribution in [3.63, 3.8) is 0 Å². The van der Waals surface area contributed by atoms with Crippen LogP contribution in [0.3, 0.4) is 0 Å². The minimum atomic E-state index is -5.20. The van der Waals surface area contributed by atoms with Gasteiger partial charge in [0, 0.05) is 11.6 Å². The molecule has 0 fully saturated rings. The molecular weight excluding hydrogens is 375 g/mol. The number of pyridine rings is 1. The number of H-pyrrole nitrogens is 1. The van der Waals surface area contributed by atoms with Crippen LogP contribution in [0, 0.1) is 20.8 Å². The van der Waals surface area contributed by atoms with E-state index in [1.165, 1.54) is 18.2 Å². The number of halogens is 3. The molecule has 1 heterocycles. The van der Waals surface area contributed by atoms with Crippen LogP contribution in [0.1, 0.15) is 27.2 Å². The monoisotopic (exact) mass is 396 g/mol. The molecule has 150 valence electrons. The summed E-state index contributed by atoms with van der Waals surface area (Å²) in [5.74, 6) is -2.88. The normalized spacial score (nSPS) is 13.4. The van der Waals surface area contributed by atoms with Crippen LogP contribution >= 0.6 is 0 Å². The number of rotatable bonds is 5. The fraction of sp³-hybridized carbons (Fsp3) is 0.316. The Hall–Kier alpha value is -3.10. The summed E-state index contributed by atoms with van der Waals surface area (Å²) in [5, 5.41) is 3.89. The van der Waals surface area contributed by atoms with Gasteiger partial charge in [-0.3, -0.25) is 10.1 Å². The number of aromatic nitrogens is 1. The molecule has 0 radical (unpaired) electrons. The summed E-state index contributed by atoms with van der Waals surface area (Å²) in [6, 6.07) is 9.20. The number of amides is 1. The zero-order chi connectivity index (χ0) is 21.1. The molecule has 1 aromatic heterocycles. The smallest absolute Gasteiger partial charge is 0.464 e. The highest BCUT2D eigenvalue weighted by Crippen LogP contribution is 2.33. The molecule has 3 N–H and O–H groups in total. The van der Waals surface area contributed by atoms with Crippen molar-refractivity contribution in [1.82, 2.24) is 5.32 Å². The Kier molecular flexibility index (Phi) is 5.96. The predicted octanol–water partition coefficient (Wildman–Crippen LogP) is 2.70. The van der Waals surface area contributed by atoms with E-state index < -0.39 is 23.7 Å². The number of ether oxygens (including phenoxy) is 1. The Morgan fingerprint density at radius 3 is 2.25 bits per heavy atom. The first-order valence-electron chi connectivity index (χ1n) is 8.32. The molecule has 1 atom stereocenters. The quantitative estimate of drug-likeness (QED) is 0.602. The molecule has 0 aliphatic carbocycles. The fourth-order valence-electron chi connectivity index (χ4n) is 2.77. The van der Waals surface area contributed by atoms with Gasteiger partial charge in [-0.15, -0.1) is 0 Å². The van der Waals surface area contributed by atoms with Gasteiger partial charge in [-0.1, -0.05) is 18.2 Å². The van der Waals surface area contributed by atoms with Crippen LogP contribution in [-0.4, -0.2) is 30.8 Å². The number of nitrogens with one attached hydrogen (secondary N) is 3. The van der Waals surface area contributed by atoms with E-state index >= 15 is 0 Å². The number of hydrogen-bond acceptors (Lipinski definition) is 4. The lowest BCUT2D eigenvalue weighted by atomic mass is 10.1. The van der Waals surface area contributed by atoms with Gasteiger partial charge in [0.1, 0.15) is 0 Å². The third kappa shape index (κ3) is 4.24. The molecule has 1 aromatic carbocycles. The standard InChI is InChI=1S/C19H20F3N3O3/c1-11-9-13(3)23-15(10-11)24-18(17(27)28-4,19(20,21)22)25-16(26)14-8-6-5-7-12(14)2/h5-10H,1-4H3,(H,23,24)(H,25,26)/p+1/t18-/m0/s1. The Morgan fingerprint density at radius 1 is 1.07 bits per heavy atom. The molecule has 28 heavy (non-hydrogen) atoms. The number of anilines is 1. The van der Waals surface area contributed by atoms with E-state index in [1.807, 2.05) is 0 Å². The molecule has 0 aliphatic heterocycles. The molecule has 0 saturated carbocycles. The van der Waals surface area contributed by atoms with E-state index in [2.05, 4.69) is 15.0 Å². The summed E-state index contributed by atoms with van der Waals surface area (Å²) in [7, 11) is 0.815. The Bertz CT molecular complexity index is 879. The lowest BCUT2D eigenvalue weighted by molar-refractivity contribution is -0.372. The van der Waals surface area contributed by atoms with Crippen molar-refractivity contribution in [1.29, 1.82) is 0 Å². The molecule has 2 rings (SSSR count). The second-order valence-electron chi connectivity index (χ2n) is 6.39.